The van der Waals surface area contributed by atoms with Crippen LogP contribution in [0.4, 0.5) is 0 Å². The van der Waals surface area contributed by atoms with Crippen LogP contribution in [0.2, 0.25) is 0 Å². The predicted molar refractivity (Wildman–Crippen MR) is 87.2 cm³/mol. The summed E-state index contributed by atoms with van der Waals surface area (Å²) in [4.78, 5) is 0. The third-order valence-corrected chi connectivity index (χ3v) is 7.40. The van der Waals surface area contributed by atoms with Gasteiger partial charge >= 0.3 is 0 Å². The van der Waals surface area contributed by atoms with E-state index >= 15 is 0 Å². The first kappa shape index (κ1) is 14.2. The van der Waals surface area contributed by atoms with Gasteiger partial charge in [-0.25, -0.2) is 0 Å². The van der Waals surface area contributed by atoms with Crippen LogP contribution in [0.15, 0.2) is 35.3 Å². The van der Waals surface area contributed by atoms with Crippen LogP contribution in [-0.4, -0.2) is 17.0 Å². The molecule has 0 saturated heterocycles. The van der Waals surface area contributed by atoms with Crippen LogP contribution >= 0.6 is 0 Å². The lowest BCUT2D eigenvalue weighted by atomic mass is 9.58. The Morgan fingerprint density at radius 3 is 2.78 bits per heavy atom. The number of allylic oxidation sites excluding steroid dienone is 3. The van der Waals surface area contributed by atoms with E-state index in [0.717, 1.165) is 32.1 Å². The molecule has 0 aromatic heterocycles. The molecule has 3 heteroatoms. The van der Waals surface area contributed by atoms with Crippen LogP contribution in [0, 0.1) is 17.3 Å². The smallest absolute Gasteiger partial charge is 0.253 e. The summed E-state index contributed by atoms with van der Waals surface area (Å²) in [6.45, 7) is 2.31. The van der Waals surface area contributed by atoms with Gasteiger partial charge in [0, 0.05) is 18.3 Å². The second kappa shape index (κ2) is 4.66. The Balaban J connectivity index is 1.48. The fraction of sp³-hybridized carbons (Fsp3) is 0.700. The zero-order valence-corrected chi connectivity index (χ0v) is 13.9. The van der Waals surface area contributed by atoms with Crippen LogP contribution in [-0.2, 0) is 9.47 Å². The van der Waals surface area contributed by atoms with Gasteiger partial charge in [0.25, 0.3) is 5.79 Å². The number of ether oxygens (including phenoxy) is 2. The molecule has 5 aliphatic rings. The minimum Gasteiger partial charge on any atom is -0.456 e. The van der Waals surface area contributed by atoms with Crippen LogP contribution in [0.1, 0.15) is 58.3 Å². The molecule has 1 spiro atoms. The minimum atomic E-state index is -0.404. The summed E-state index contributed by atoms with van der Waals surface area (Å²) in [5.41, 5.74) is 4.90. The van der Waals surface area contributed by atoms with E-state index in [9.17, 15) is 5.11 Å². The van der Waals surface area contributed by atoms with Gasteiger partial charge in [-0.2, -0.15) is 0 Å². The van der Waals surface area contributed by atoms with E-state index in [1.54, 1.807) is 29.2 Å². The van der Waals surface area contributed by atoms with Gasteiger partial charge in [0.2, 0.25) is 0 Å². The first-order chi connectivity index (χ1) is 11.1. The molecule has 3 nitrogen and oxygen atoms in total. The molecule has 1 heterocycles. The van der Waals surface area contributed by atoms with Crippen molar-refractivity contribution in [2.24, 2.45) is 17.3 Å². The molecule has 23 heavy (non-hydrogen) atoms. The van der Waals surface area contributed by atoms with Crippen molar-refractivity contribution >= 4 is 0 Å². The molecule has 0 aromatic carbocycles. The SMILES string of the molecule is C[C@]12CC=C3C4=C(CC[C@H]3[C@@H]1CC[C@H]2O)CC1(CC4)OC=CO1. The van der Waals surface area contributed by atoms with Crippen molar-refractivity contribution in [2.75, 3.05) is 0 Å². The molecular weight excluding hydrogens is 288 g/mol. The van der Waals surface area contributed by atoms with Gasteiger partial charge < -0.3 is 14.6 Å². The molecule has 0 bridgehead atoms. The van der Waals surface area contributed by atoms with E-state index < -0.39 is 5.79 Å². The van der Waals surface area contributed by atoms with E-state index in [2.05, 4.69) is 13.0 Å². The normalized spacial score (nSPS) is 43.4. The number of hydrogen-bond donors (Lipinski definition) is 1. The molecular formula is C20H26O3. The highest BCUT2D eigenvalue weighted by Crippen LogP contribution is 2.59. The Morgan fingerprint density at radius 1 is 1.13 bits per heavy atom. The summed E-state index contributed by atoms with van der Waals surface area (Å²) >= 11 is 0. The Morgan fingerprint density at radius 2 is 1.96 bits per heavy atom. The van der Waals surface area contributed by atoms with Gasteiger partial charge in [-0.3, -0.25) is 0 Å². The fourth-order valence-electron chi connectivity index (χ4n) is 6.06. The van der Waals surface area contributed by atoms with Crippen molar-refractivity contribution < 1.29 is 14.6 Å². The van der Waals surface area contributed by atoms with Gasteiger partial charge in [0.15, 0.2) is 0 Å². The molecule has 1 saturated carbocycles. The molecule has 1 fully saturated rings. The van der Waals surface area contributed by atoms with E-state index in [1.807, 2.05) is 0 Å². The Bertz CT molecular complexity index is 621. The molecule has 0 amide bonds. The summed E-state index contributed by atoms with van der Waals surface area (Å²) in [6.07, 6.45) is 14.3. The lowest BCUT2D eigenvalue weighted by molar-refractivity contribution is -0.149. The van der Waals surface area contributed by atoms with Gasteiger partial charge in [0.05, 0.1) is 6.10 Å². The van der Waals surface area contributed by atoms with Crippen LogP contribution < -0.4 is 0 Å². The highest BCUT2D eigenvalue weighted by atomic mass is 16.7. The number of aliphatic hydroxyl groups excluding tert-OH is 1. The van der Waals surface area contributed by atoms with Crippen molar-refractivity contribution in [1.82, 2.24) is 0 Å². The van der Waals surface area contributed by atoms with Crippen molar-refractivity contribution in [3.05, 3.63) is 35.3 Å². The highest BCUT2D eigenvalue weighted by molar-refractivity contribution is 5.44. The first-order valence-electron chi connectivity index (χ1n) is 9.21. The molecule has 5 rings (SSSR count). The average Bonchev–Trinajstić information content (AvgIpc) is 3.12. The standard InChI is InChI=1S/C20H26O3/c1-19-8-6-15-14-7-9-20(22-10-11-23-20)12-13(14)2-3-16(15)17(19)4-5-18(19)21/h6,10-11,16-18,21H,2-5,7-9,12H2,1H3/t16-,17+,18-,19+/m1/s1. The summed E-state index contributed by atoms with van der Waals surface area (Å²) in [6, 6.07) is 0. The van der Waals surface area contributed by atoms with Gasteiger partial charge in [-0.15, -0.1) is 0 Å². The van der Waals surface area contributed by atoms with E-state index in [1.165, 1.54) is 19.3 Å². The molecule has 1 aliphatic heterocycles. The zero-order valence-electron chi connectivity index (χ0n) is 13.9. The largest absolute Gasteiger partial charge is 0.456 e. The van der Waals surface area contributed by atoms with Crippen molar-refractivity contribution in [1.29, 1.82) is 0 Å². The number of fused-ring (bicyclic) bond motifs is 4. The molecule has 0 unspecified atom stereocenters. The topological polar surface area (TPSA) is 38.7 Å². The summed E-state index contributed by atoms with van der Waals surface area (Å²) in [7, 11) is 0. The summed E-state index contributed by atoms with van der Waals surface area (Å²) < 4.78 is 11.6. The molecule has 4 atom stereocenters. The van der Waals surface area contributed by atoms with E-state index in [4.69, 9.17) is 9.47 Å². The Labute approximate surface area is 138 Å². The highest BCUT2D eigenvalue weighted by Gasteiger charge is 2.53. The molecule has 124 valence electrons. The van der Waals surface area contributed by atoms with Gasteiger partial charge in [-0.05, 0) is 61.5 Å². The monoisotopic (exact) mass is 314 g/mol. The maximum absolute atomic E-state index is 10.5. The summed E-state index contributed by atoms with van der Waals surface area (Å²) in [5.74, 6) is 0.934. The lowest BCUT2D eigenvalue weighted by Crippen LogP contribution is -2.42. The first-order valence-corrected chi connectivity index (χ1v) is 9.21. The third-order valence-electron chi connectivity index (χ3n) is 7.40. The average molecular weight is 314 g/mol. The summed E-state index contributed by atoms with van der Waals surface area (Å²) in [5, 5.41) is 10.5. The third kappa shape index (κ3) is 1.86. The van der Waals surface area contributed by atoms with Crippen LogP contribution in [0.25, 0.3) is 0 Å². The molecule has 4 aliphatic carbocycles. The Hall–Kier alpha value is -1.22. The molecule has 0 radical (unpaired) electrons. The van der Waals surface area contributed by atoms with Crippen molar-refractivity contribution in [3.8, 4) is 0 Å². The fourth-order valence-corrected chi connectivity index (χ4v) is 6.06. The second-order valence-corrected chi connectivity index (χ2v) is 8.39. The Kier molecular flexibility index (Phi) is 2.87. The maximum atomic E-state index is 10.5. The van der Waals surface area contributed by atoms with Gasteiger partial charge in [0.1, 0.15) is 12.5 Å². The van der Waals surface area contributed by atoms with Crippen LogP contribution in [0.3, 0.4) is 0 Å². The van der Waals surface area contributed by atoms with Crippen molar-refractivity contribution in [3.63, 3.8) is 0 Å². The second-order valence-electron chi connectivity index (χ2n) is 8.39. The maximum Gasteiger partial charge on any atom is 0.253 e. The number of rotatable bonds is 0. The molecule has 0 aromatic rings. The number of hydrogen-bond acceptors (Lipinski definition) is 3. The van der Waals surface area contributed by atoms with E-state index in [-0.39, 0.29) is 11.5 Å². The van der Waals surface area contributed by atoms with Gasteiger partial charge in [-0.1, -0.05) is 18.6 Å². The zero-order chi connectivity index (χ0) is 15.7. The molecule has 1 N–H and O–H groups in total. The van der Waals surface area contributed by atoms with Crippen LogP contribution in [0.5, 0.6) is 0 Å². The van der Waals surface area contributed by atoms with Crippen molar-refractivity contribution in [2.45, 2.75) is 70.2 Å². The number of aliphatic hydroxyl groups is 1. The predicted octanol–water partition coefficient (Wildman–Crippen LogP) is 4.20. The minimum absolute atomic E-state index is 0.110. The van der Waals surface area contributed by atoms with E-state index in [0.29, 0.717) is 11.8 Å². The lowest BCUT2D eigenvalue weighted by Gasteiger charge is -2.48. The quantitative estimate of drug-likeness (QED) is 0.728.